The number of sulfone groups is 1. The van der Waals surface area contributed by atoms with Gasteiger partial charge in [0.15, 0.2) is 15.0 Å². The zero-order valence-corrected chi connectivity index (χ0v) is 16.6. The lowest BCUT2D eigenvalue weighted by Gasteiger charge is -2.31. The van der Waals surface area contributed by atoms with Crippen molar-refractivity contribution in [3.8, 4) is 0 Å². The smallest absolute Gasteiger partial charge is 0.235 e. The van der Waals surface area contributed by atoms with Crippen molar-refractivity contribution in [1.29, 1.82) is 0 Å². The van der Waals surface area contributed by atoms with E-state index >= 15 is 0 Å². The van der Waals surface area contributed by atoms with Crippen molar-refractivity contribution in [1.82, 2.24) is 19.7 Å². The molecule has 9 heteroatoms. The van der Waals surface area contributed by atoms with E-state index in [9.17, 15) is 13.2 Å². The number of nitrogens with zero attached hydrogens (tertiary/aromatic N) is 4. The Labute approximate surface area is 153 Å². The van der Waals surface area contributed by atoms with E-state index in [4.69, 9.17) is 0 Å². The van der Waals surface area contributed by atoms with Crippen LogP contribution >= 0.6 is 11.8 Å². The standard InChI is InChI=1S/C16H26N4O3S2/c1-11-4-7-20(8-5-11)15(21)12(2)24-16-18-17-14(19(16)3)13-6-9-25(22,23)10-13/h11-13H,4-10H2,1-3H3/t12-,13-/m1/s1. The molecule has 2 saturated heterocycles. The summed E-state index contributed by atoms with van der Waals surface area (Å²) in [6.45, 7) is 5.79. The van der Waals surface area contributed by atoms with Crippen LogP contribution in [0.4, 0.5) is 0 Å². The molecule has 0 radical (unpaired) electrons. The van der Waals surface area contributed by atoms with Crippen LogP contribution in [0.5, 0.6) is 0 Å². The quantitative estimate of drug-likeness (QED) is 0.728. The summed E-state index contributed by atoms with van der Waals surface area (Å²) in [5.74, 6) is 1.81. The molecule has 140 valence electrons. The van der Waals surface area contributed by atoms with Crippen molar-refractivity contribution in [3.05, 3.63) is 5.82 Å². The Morgan fingerprint density at radius 2 is 1.92 bits per heavy atom. The SMILES string of the molecule is CC1CCN(C(=O)[C@@H](C)Sc2nnc([C@@H]3CCS(=O)(=O)C3)n2C)CC1. The van der Waals surface area contributed by atoms with Crippen molar-refractivity contribution < 1.29 is 13.2 Å². The van der Waals surface area contributed by atoms with Crippen LogP contribution in [0, 0.1) is 5.92 Å². The van der Waals surface area contributed by atoms with Gasteiger partial charge in [-0.15, -0.1) is 10.2 Å². The maximum Gasteiger partial charge on any atom is 0.235 e. The topological polar surface area (TPSA) is 85.2 Å². The largest absolute Gasteiger partial charge is 0.342 e. The Morgan fingerprint density at radius 3 is 2.52 bits per heavy atom. The molecule has 2 aliphatic heterocycles. The number of likely N-dealkylation sites (tertiary alicyclic amines) is 1. The van der Waals surface area contributed by atoms with Crippen LogP contribution in [0.15, 0.2) is 5.16 Å². The molecule has 2 aliphatic rings. The van der Waals surface area contributed by atoms with Crippen molar-refractivity contribution >= 4 is 27.5 Å². The summed E-state index contributed by atoms with van der Waals surface area (Å²) in [6.07, 6.45) is 2.72. The van der Waals surface area contributed by atoms with Gasteiger partial charge in [-0.1, -0.05) is 18.7 Å². The molecule has 0 spiro atoms. The normalized spacial score (nSPS) is 25.2. The average molecular weight is 387 g/mol. The second-order valence-electron chi connectivity index (χ2n) is 7.27. The van der Waals surface area contributed by atoms with Gasteiger partial charge in [0, 0.05) is 26.1 Å². The summed E-state index contributed by atoms with van der Waals surface area (Å²) in [7, 11) is -1.11. The fourth-order valence-electron chi connectivity index (χ4n) is 3.48. The van der Waals surface area contributed by atoms with E-state index in [0.29, 0.717) is 23.3 Å². The Balaban J connectivity index is 1.64. The Bertz CT molecular complexity index is 739. The molecule has 0 saturated carbocycles. The van der Waals surface area contributed by atoms with Gasteiger partial charge in [-0.3, -0.25) is 4.79 Å². The molecule has 0 N–H and O–H groups in total. The highest BCUT2D eigenvalue weighted by molar-refractivity contribution is 8.00. The van der Waals surface area contributed by atoms with Gasteiger partial charge < -0.3 is 9.47 Å². The molecule has 2 fully saturated rings. The van der Waals surface area contributed by atoms with E-state index in [0.717, 1.165) is 25.9 Å². The van der Waals surface area contributed by atoms with Crippen molar-refractivity contribution in [3.63, 3.8) is 0 Å². The van der Waals surface area contributed by atoms with Gasteiger partial charge in [0.2, 0.25) is 5.91 Å². The molecule has 25 heavy (non-hydrogen) atoms. The van der Waals surface area contributed by atoms with Crippen LogP contribution in [0.2, 0.25) is 0 Å². The molecule has 0 aliphatic carbocycles. The molecule has 1 aromatic rings. The van der Waals surface area contributed by atoms with Gasteiger partial charge in [0.05, 0.1) is 16.8 Å². The van der Waals surface area contributed by atoms with E-state index in [1.165, 1.54) is 11.8 Å². The number of thioether (sulfide) groups is 1. The highest BCUT2D eigenvalue weighted by atomic mass is 32.2. The van der Waals surface area contributed by atoms with Crippen LogP contribution in [-0.4, -0.2) is 63.8 Å². The summed E-state index contributed by atoms with van der Waals surface area (Å²) in [6, 6.07) is 0. The van der Waals surface area contributed by atoms with E-state index < -0.39 is 9.84 Å². The minimum absolute atomic E-state index is 0.0913. The highest BCUT2D eigenvalue weighted by Crippen LogP contribution is 2.31. The average Bonchev–Trinajstić information content (AvgIpc) is 3.10. The van der Waals surface area contributed by atoms with Gasteiger partial charge in [-0.05, 0) is 32.1 Å². The van der Waals surface area contributed by atoms with Gasteiger partial charge in [0.1, 0.15) is 5.82 Å². The lowest BCUT2D eigenvalue weighted by atomic mass is 9.99. The maximum absolute atomic E-state index is 12.6. The molecule has 1 amide bonds. The molecular weight excluding hydrogens is 360 g/mol. The van der Waals surface area contributed by atoms with Gasteiger partial charge in [0.25, 0.3) is 0 Å². The van der Waals surface area contributed by atoms with Gasteiger partial charge in [-0.2, -0.15) is 0 Å². The van der Waals surface area contributed by atoms with E-state index in [2.05, 4.69) is 17.1 Å². The molecule has 0 aromatic carbocycles. The Morgan fingerprint density at radius 1 is 1.24 bits per heavy atom. The number of hydrogen-bond acceptors (Lipinski definition) is 6. The fourth-order valence-corrected chi connectivity index (χ4v) is 6.12. The van der Waals surface area contributed by atoms with Gasteiger partial charge in [-0.25, -0.2) is 8.42 Å². The first-order valence-electron chi connectivity index (χ1n) is 8.82. The first-order chi connectivity index (χ1) is 11.8. The van der Waals surface area contributed by atoms with Gasteiger partial charge >= 0.3 is 0 Å². The minimum Gasteiger partial charge on any atom is -0.342 e. The van der Waals surface area contributed by atoms with E-state index in [-0.39, 0.29) is 28.6 Å². The van der Waals surface area contributed by atoms with Crippen LogP contribution in [-0.2, 0) is 21.7 Å². The third kappa shape index (κ3) is 4.19. The highest BCUT2D eigenvalue weighted by Gasteiger charge is 2.33. The van der Waals surface area contributed by atoms with Crippen LogP contribution < -0.4 is 0 Å². The lowest BCUT2D eigenvalue weighted by molar-refractivity contribution is -0.131. The first kappa shape index (κ1) is 18.7. The molecule has 1 aromatic heterocycles. The van der Waals surface area contributed by atoms with Crippen molar-refractivity contribution in [2.75, 3.05) is 24.6 Å². The second kappa shape index (κ2) is 7.26. The van der Waals surface area contributed by atoms with Crippen LogP contribution in [0.3, 0.4) is 0 Å². The monoisotopic (exact) mass is 386 g/mol. The molecule has 3 rings (SSSR count). The molecule has 2 atom stereocenters. The van der Waals surface area contributed by atoms with Crippen molar-refractivity contribution in [2.45, 2.75) is 49.4 Å². The lowest BCUT2D eigenvalue weighted by Crippen LogP contribution is -2.41. The third-order valence-corrected chi connectivity index (χ3v) is 8.08. The predicted octanol–water partition coefficient (Wildman–Crippen LogP) is 1.46. The summed E-state index contributed by atoms with van der Waals surface area (Å²) in [5, 5.41) is 8.85. The number of rotatable bonds is 4. The minimum atomic E-state index is -2.96. The molecule has 3 heterocycles. The summed E-state index contributed by atoms with van der Waals surface area (Å²) in [4.78, 5) is 14.6. The number of hydrogen-bond donors (Lipinski definition) is 0. The summed E-state index contributed by atoms with van der Waals surface area (Å²) >= 11 is 1.40. The zero-order chi connectivity index (χ0) is 18.2. The zero-order valence-electron chi connectivity index (χ0n) is 15.0. The van der Waals surface area contributed by atoms with Crippen LogP contribution in [0.25, 0.3) is 0 Å². The first-order valence-corrected chi connectivity index (χ1v) is 11.5. The Kier molecular flexibility index (Phi) is 5.43. The Hall–Kier alpha value is -1.09. The number of carbonyl (C=O) groups is 1. The number of piperidine rings is 1. The fraction of sp³-hybridized carbons (Fsp3) is 0.812. The van der Waals surface area contributed by atoms with Crippen molar-refractivity contribution in [2.24, 2.45) is 13.0 Å². The third-order valence-electron chi connectivity index (χ3n) is 5.19. The summed E-state index contributed by atoms with van der Waals surface area (Å²) < 4.78 is 25.2. The van der Waals surface area contributed by atoms with Crippen LogP contribution in [0.1, 0.15) is 44.9 Å². The predicted molar refractivity (Wildman–Crippen MR) is 97.3 cm³/mol. The molecule has 0 unspecified atom stereocenters. The molecular formula is C16H26N4O3S2. The number of aromatic nitrogens is 3. The molecule has 0 bridgehead atoms. The molecule has 7 nitrogen and oxygen atoms in total. The maximum atomic E-state index is 12.6. The number of amides is 1. The number of carbonyl (C=O) groups excluding carboxylic acids is 1. The van der Waals surface area contributed by atoms with E-state index in [1.54, 1.807) is 0 Å². The van der Waals surface area contributed by atoms with E-state index in [1.807, 2.05) is 23.4 Å². The second-order valence-corrected chi connectivity index (χ2v) is 10.8. The summed E-state index contributed by atoms with van der Waals surface area (Å²) in [5.41, 5.74) is 0.